The van der Waals surface area contributed by atoms with Gasteiger partial charge in [-0.15, -0.1) is 0 Å². The van der Waals surface area contributed by atoms with E-state index < -0.39 is 0 Å². The Morgan fingerprint density at radius 2 is 2.33 bits per heavy atom. The number of H-pyrrole nitrogens is 1. The summed E-state index contributed by atoms with van der Waals surface area (Å²) in [7, 11) is 1.50. The lowest BCUT2D eigenvalue weighted by Gasteiger charge is -2.27. The Morgan fingerprint density at radius 3 is 3.10 bits per heavy atom. The summed E-state index contributed by atoms with van der Waals surface area (Å²) in [4.78, 5) is 21.7. The van der Waals surface area contributed by atoms with Gasteiger partial charge in [0.05, 0.1) is 47.6 Å². The van der Waals surface area contributed by atoms with Crippen LogP contribution in [0, 0.1) is 0 Å². The lowest BCUT2D eigenvalue weighted by molar-refractivity contribution is 0.0728. The Morgan fingerprint density at radius 1 is 1.52 bits per heavy atom. The van der Waals surface area contributed by atoms with E-state index in [4.69, 9.17) is 22.1 Å². The van der Waals surface area contributed by atoms with E-state index in [1.54, 1.807) is 23.4 Å². The third-order valence-corrected chi connectivity index (χ3v) is 3.94. The Bertz CT molecular complexity index is 698. The number of methoxy groups -OCH3 is 1. The fourth-order valence-electron chi connectivity index (χ4n) is 2.46. The number of rotatable bonds is 2. The van der Waals surface area contributed by atoms with Crippen molar-refractivity contribution < 1.29 is 9.53 Å². The van der Waals surface area contributed by atoms with E-state index in [9.17, 15) is 4.79 Å². The van der Waals surface area contributed by atoms with Crippen LogP contribution in [0.4, 0.5) is 5.69 Å². The number of anilines is 1. The number of carbonyl (C=O) groups is 1. The monoisotopic (exact) mass is 306 g/mol. The van der Waals surface area contributed by atoms with Crippen molar-refractivity contribution in [2.24, 2.45) is 0 Å². The van der Waals surface area contributed by atoms with Crippen LogP contribution in [0.15, 0.2) is 18.5 Å². The summed E-state index contributed by atoms with van der Waals surface area (Å²) >= 11 is 6.02. The summed E-state index contributed by atoms with van der Waals surface area (Å²) in [6.45, 7) is 1.11. The largest absolute Gasteiger partial charge is 0.496 e. The molecule has 2 aromatic rings. The standard InChI is InChI=1S/C14H15ClN4O2/c1-21-13-5-10(16)9(15)4-8(13)14(20)19-3-2-11-12(6-19)18-7-17-11/h4-5,7H,2-3,6,16H2,1H3,(H,17,18). The fourth-order valence-corrected chi connectivity index (χ4v) is 2.62. The molecule has 6 nitrogen and oxygen atoms in total. The van der Waals surface area contributed by atoms with E-state index in [0.29, 0.717) is 35.1 Å². The molecule has 0 fully saturated rings. The number of ether oxygens (including phenoxy) is 1. The second-order valence-electron chi connectivity index (χ2n) is 4.88. The maximum absolute atomic E-state index is 12.7. The van der Waals surface area contributed by atoms with Gasteiger partial charge in [0.1, 0.15) is 5.75 Å². The van der Waals surface area contributed by atoms with E-state index in [1.165, 1.54) is 7.11 Å². The van der Waals surface area contributed by atoms with Crippen molar-refractivity contribution in [3.8, 4) is 5.75 Å². The van der Waals surface area contributed by atoms with Gasteiger partial charge in [-0.25, -0.2) is 4.98 Å². The van der Waals surface area contributed by atoms with E-state index in [0.717, 1.165) is 17.8 Å². The average Bonchev–Trinajstić information content (AvgIpc) is 2.96. The molecular weight excluding hydrogens is 292 g/mol. The van der Waals surface area contributed by atoms with Crippen molar-refractivity contribution in [3.63, 3.8) is 0 Å². The molecule has 0 unspecified atom stereocenters. The van der Waals surface area contributed by atoms with Crippen LogP contribution in [0.1, 0.15) is 21.7 Å². The molecule has 0 atom stereocenters. The molecule has 1 amide bonds. The minimum absolute atomic E-state index is 0.131. The number of aromatic amines is 1. The molecule has 0 saturated carbocycles. The normalized spacial score (nSPS) is 13.9. The molecule has 2 heterocycles. The zero-order chi connectivity index (χ0) is 15.0. The number of fused-ring (bicyclic) bond motifs is 1. The molecule has 1 aromatic carbocycles. The Labute approximate surface area is 126 Å². The predicted octanol–water partition coefficient (Wildman–Crippen LogP) is 1.85. The zero-order valence-corrected chi connectivity index (χ0v) is 12.3. The van der Waals surface area contributed by atoms with Gasteiger partial charge >= 0.3 is 0 Å². The number of carbonyl (C=O) groups excluding carboxylic acids is 1. The maximum Gasteiger partial charge on any atom is 0.258 e. The van der Waals surface area contributed by atoms with E-state index in [-0.39, 0.29) is 5.91 Å². The molecule has 3 rings (SSSR count). The van der Waals surface area contributed by atoms with Crippen molar-refractivity contribution in [1.29, 1.82) is 0 Å². The SMILES string of the molecule is COc1cc(N)c(Cl)cc1C(=O)N1CCc2nc[nH]c2C1. The number of nitrogens with zero attached hydrogens (tertiary/aromatic N) is 2. The smallest absolute Gasteiger partial charge is 0.258 e. The summed E-state index contributed by atoms with van der Waals surface area (Å²) in [6, 6.07) is 3.13. The number of hydrogen-bond donors (Lipinski definition) is 2. The van der Waals surface area contributed by atoms with Crippen molar-refractivity contribution in [1.82, 2.24) is 14.9 Å². The van der Waals surface area contributed by atoms with Gasteiger partial charge in [-0.1, -0.05) is 11.6 Å². The highest BCUT2D eigenvalue weighted by Crippen LogP contribution is 2.30. The first-order chi connectivity index (χ1) is 10.1. The number of halogens is 1. The number of hydrogen-bond acceptors (Lipinski definition) is 4. The van der Waals surface area contributed by atoms with Crippen LogP contribution < -0.4 is 10.5 Å². The molecule has 1 aliphatic rings. The van der Waals surface area contributed by atoms with Crippen LogP contribution >= 0.6 is 11.6 Å². The highest BCUT2D eigenvalue weighted by atomic mass is 35.5. The van der Waals surface area contributed by atoms with Crippen LogP contribution in [0.3, 0.4) is 0 Å². The molecule has 1 aromatic heterocycles. The number of nitrogens with two attached hydrogens (primary N) is 1. The number of nitrogen functional groups attached to an aromatic ring is 1. The molecule has 21 heavy (non-hydrogen) atoms. The van der Waals surface area contributed by atoms with Crippen LogP contribution in [0.5, 0.6) is 5.75 Å². The zero-order valence-electron chi connectivity index (χ0n) is 11.5. The van der Waals surface area contributed by atoms with Crippen LogP contribution in [-0.2, 0) is 13.0 Å². The maximum atomic E-state index is 12.7. The first-order valence-corrected chi connectivity index (χ1v) is 6.91. The quantitative estimate of drug-likeness (QED) is 0.829. The molecule has 1 aliphatic heterocycles. The topological polar surface area (TPSA) is 84.2 Å². The second kappa shape index (κ2) is 5.29. The van der Waals surface area contributed by atoms with E-state index >= 15 is 0 Å². The highest BCUT2D eigenvalue weighted by molar-refractivity contribution is 6.33. The number of nitrogens with one attached hydrogen (secondary N) is 1. The Kier molecular flexibility index (Phi) is 3.47. The van der Waals surface area contributed by atoms with Gasteiger partial charge in [-0.05, 0) is 6.07 Å². The number of aromatic nitrogens is 2. The van der Waals surface area contributed by atoms with Gasteiger partial charge in [0, 0.05) is 19.0 Å². The molecule has 0 saturated heterocycles. The average molecular weight is 307 g/mol. The molecular formula is C14H15ClN4O2. The Balaban J connectivity index is 1.91. The van der Waals surface area contributed by atoms with Gasteiger partial charge in [0.2, 0.25) is 0 Å². The van der Waals surface area contributed by atoms with Gasteiger partial charge < -0.3 is 20.4 Å². The number of benzene rings is 1. The van der Waals surface area contributed by atoms with Gasteiger partial charge in [0.25, 0.3) is 5.91 Å². The molecule has 0 aliphatic carbocycles. The summed E-state index contributed by atoms with van der Waals surface area (Å²) in [5.41, 5.74) is 8.53. The fraction of sp³-hybridized carbons (Fsp3) is 0.286. The third-order valence-electron chi connectivity index (χ3n) is 3.61. The predicted molar refractivity (Wildman–Crippen MR) is 79.4 cm³/mol. The second-order valence-corrected chi connectivity index (χ2v) is 5.29. The van der Waals surface area contributed by atoms with Crippen LogP contribution in [-0.4, -0.2) is 34.4 Å². The van der Waals surface area contributed by atoms with E-state index in [1.807, 2.05) is 0 Å². The molecule has 0 radical (unpaired) electrons. The van der Waals surface area contributed by atoms with Crippen molar-refractivity contribution in [2.45, 2.75) is 13.0 Å². The lowest BCUT2D eigenvalue weighted by Crippen LogP contribution is -2.36. The van der Waals surface area contributed by atoms with Gasteiger partial charge in [0.15, 0.2) is 0 Å². The Hall–Kier alpha value is -2.21. The summed E-state index contributed by atoms with van der Waals surface area (Å²) in [5.74, 6) is 0.298. The first kappa shape index (κ1) is 13.8. The van der Waals surface area contributed by atoms with Gasteiger partial charge in [-0.3, -0.25) is 4.79 Å². The minimum Gasteiger partial charge on any atom is -0.496 e. The van der Waals surface area contributed by atoms with Crippen molar-refractivity contribution >= 4 is 23.2 Å². The molecule has 3 N–H and O–H groups in total. The highest BCUT2D eigenvalue weighted by Gasteiger charge is 2.26. The molecule has 0 bridgehead atoms. The van der Waals surface area contributed by atoms with Crippen LogP contribution in [0.25, 0.3) is 0 Å². The first-order valence-electron chi connectivity index (χ1n) is 6.53. The van der Waals surface area contributed by atoms with E-state index in [2.05, 4.69) is 9.97 Å². The molecule has 110 valence electrons. The number of amides is 1. The lowest BCUT2D eigenvalue weighted by atomic mass is 10.1. The van der Waals surface area contributed by atoms with Crippen molar-refractivity contribution in [3.05, 3.63) is 40.4 Å². The summed E-state index contributed by atoms with van der Waals surface area (Å²) in [6.07, 6.45) is 2.38. The molecule has 7 heteroatoms. The third kappa shape index (κ3) is 2.42. The molecule has 0 spiro atoms. The number of imidazole rings is 1. The summed E-state index contributed by atoms with van der Waals surface area (Å²) < 4.78 is 5.24. The minimum atomic E-state index is -0.131. The summed E-state index contributed by atoms with van der Waals surface area (Å²) in [5, 5.41) is 0.346. The van der Waals surface area contributed by atoms with Crippen LogP contribution in [0.2, 0.25) is 5.02 Å². The van der Waals surface area contributed by atoms with Gasteiger partial charge in [-0.2, -0.15) is 0 Å². The van der Waals surface area contributed by atoms with Crippen molar-refractivity contribution in [2.75, 3.05) is 19.4 Å².